The Morgan fingerprint density at radius 1 is 1.09 bits per heavy atom. The van der Waals surface area contributed by atoms with Gasteiger partial charge in [-0.05, 0) is 20.8 Å². The minimum atomic E-state index is -1.81. The van der Waals surface area contributed by atoms with Gasteiger partial charge in [-0.25, -0.2) is 9.63 Å². The van der Waals surface area contributed by atoms with Crippen LogP contribution < -0.4 is 10.6 Å². The zero-order valence-electron chi connectivity index (χ0n) is 18.3. The number of hydrogen-bond donors (Lipinski definition) is 3. The summed E-state index contributed by atoms with van der Waals surface area (Å²) in [5.74, 6) is -3.64. The second-order valence-corrected chi connectivity index (χ2v) is 7.62. The number of alkyl carbamates (subject to hydrolysis) is 1. The van der Waals surface area contributed by atoms with Gasteiger partial charge in [-0.1, -0.05) is 0 Å². The van der Waals surface area contributed by atoms with Crippen molar-refractivity contribution in [1.29, 1.82) is 0 Å². The Balaban J connectivity index is 2.58. The van der Waals surface area contributed by atoms with Crippen molar-refractivity contribution in [1.82, 2.24) is 20.6 Å². The lowest BCUT2D eigenvalue weighted by atomic mass is 10.2. The minimum absolute atomic E-state index is 0.0697. The normalized spacial score (nSPS) is 14.6. The predicted molar refractivity (Wildman–Crippen MR) is 104 cm³/mol. The van der Waals surface area contributed by atoms with Gasteiger partial charge in [0, 0.05) is 12.8 Å². The Bertz CT molecular complexity index is 733. The lowest BCUT2D eigenvalue weighted by molar-refractivity contribution is -0.247. The summed E-state index contributed by atoms with van der Waals surface area (Å²) in [6, 6.07) is 0. The second-order valence-electron chi connectivity index (χ2n) is 7.62. The molecule has 1 heterocycles. The van der Waals surface area contributed by atoms with E-state index in [1.807, 2.05) is 0 Å². The van der Waals surface area contributed by atoms with E-state index in [0.717, 1.165) is 12.0 Å². The van der Waals surface area contributed by atoms with Gasteiger partial charge in [0.1, 0.15) is 18.7 Å². The van der Waals surface area contributed by atoms with Crippen LogP contribution in [0.3, 0.4) is 0 Å². The molecule has 0 aromatic carbocycles. The maximum absolute atomic E-state index is 12.4. The monoisotopic (exact) mass is 460 g/mol. The molecule has 1 rings (SSSR count). The highest BCUT2D eigenvalue weighted by Crippen LogP contribution is 2.13. The molecule has 0 aromatic heterocycles. The fourth-order valence-electron chi connectivity index (χ4n) is 2.31. The molecule has 0 aromatic rings. The van der Waals surface area contributed by atoms with Gasteiger partial charge in [-0.15, -0.1) is 0 Å². The maximum Gasteiger partial charge on any atom is 0.408 e. The summed E-state index contributed by atoms with van der Waals surface area (Å²) in [5, 5.41) is 14.9. The van der Waals surface area contributed by atoms with Crippen LogP contribution in [-0.4, -0.2) is 95.9 Å². The number of imide groups is 1. The number of carbonyl (C=O) groups excluding carboxylic acids is 6. The van der Waals surface area contributed by atoms with Gasteiger partial charge in [0.15, 0.2) is 6.29 Å². The van der Waals surface area contributed by atoms with Crippen LogP contribution in [0.25, 0.3) is 0 Å². The van der Waals surface area contributed by atoms with Gasteiger partial charge in [0.25, 0.3) is 11.8 Å². The molecular weight excluding hydrogens is 432 g/mol. The van der Waals surface area contributed by atoms with E-state index in [1.54, 1.807) is 20.8 Å². The predicted octanol–water partition coefficient (Wildman–Crippen LogP) is -1.97. The zero-order chi connectivity index (χ0) is 24.5. The molecular formula is C18H28N4O10. The average molecular weight is 460 g/mol. The summed E-state index contributed by atoms with van der Waals surface area (Å²) >= 11 is 0. The molecule has 180 valence electrons. The molecule has 0 bridgehead atoms. The van der Waals surface area contributed by atoms with Crippen molar-refractivity contribution in [3.8, 4) is 0 Å². The average Bonchev–Trinajstić information content (AvgIpc) is 3.00. The standard InChI is InChI=1S/C18H28N4O10/c1-18(2,3)31-17(29)20-7-11(23)19-8-14(26)21(9-15(27)30-4)10-16(28)32-22-12(24)5-6-13(22)25/h16,28H,5-10H2,1-4H3,(H,19,23)(H,20,29)/t16-/m0/s1. The van der Waals surface area contributed by atoms with E-state index in [9.17, 15) is 33.9 Å². The van der Waals surface area contributed by atoms with Crippen molar-refractivity contribution in [2.24, 2.45) is 0 Å². The molecule has 3 N–H and O–H groups in total. The Morgan fingerprint density at radius 3 is 2.22 bits per heavy atom. The molecule has 5 amide bonds. The molecule has 1 atom stereocenters. The number of esters is 1. The first kappa shape index (κ1) is 26.8. The molecule has 0 aliphatic carbocycles. The van der Waals surface area contributed by atoms with Crippen molar-refractivity contribution in [2.45, 2.75) is 45.5 Å². The number of nitrogens with one attached hydrogen (secondary N) is 2. The van der Waals surface area contributed by atoms with Crippen LogP contribution in [0, 0.1) is 0 Å². The molecule has 1 saturated heterocycles. The van der Waals surface area contributed by atoms with E-state index in [1.165, 1.54) is 0 Å². The van der Waals surface area contributed by atoms with Gasteiger partial charge >= 0.3 is 12.1 Å². The van der Waals surface area contributed by atoms with Gasteiger partial charge in [0.05, 0.1) is 20.2 Å². The number of rotatable bonds is 10. The number of nitrogens with zero attached hydrogens (tertiary/aromatic N) is 2. The number of carbonyl (C=O) groups is 6. The molecule has 0 spiro atoms. The third-order valence-corrected chi connectivity index (χ3v) is 3.74. The number of methoxy groups -OCH3 is 1. The van der Waals surface area contributed by atoms with E-state index in [4.69, 9.17) is 9.57 Å². The van der Waals surface area contributed by atoms with Gasteiger partial charge < -0.3 is 30.1 Å². The largest absolute Gasteiger partial charge is 0.468 e. The number of aliphatic hydroxyl groups excluding tert-OH is 1. The van der Waals surface area contributed by atoms with Crippen molar-refractivity contribution >= 4 is 35.7 Å². The van der Waals surface area contributed by atoms with Crippen molar-refractivity contribution in [3.05, 3.63) is 0 Å². The third-order valence-electron chi connectivity index (χ3n) is 3.74. The quantitative estimate of drug-likeness (QED) is 0.188. The van der Waals surface area contributed by atoms with Crippen LogP contribution in [0.2, 0.25) is 0 Å². The molecule has 14 nitrogen and oxygen atoms in total. The molecule has 1 fully saturated rings. The van der Waals surface area contributed by atoms with E-state index in [0.29, 0.717) is 5.06 Å². The first-order valence-electron chi connectivity index (χ1n) is 9.61. The molecule has 32 heavy (non-hydrogen) atoms. The van der Waals surface area contributed by atoms with Crippen LogP contribution in [0.5, 0.6) is 0 Å². The second kappa shape index (κ2) is 12.0. The summed E-state index contributed by atoms with van der Waals surface area (Å²) in [6.07, 6.45) is -2.77. The third kappa shape index (κ3) is 9.70. The Kier molecular flexibility index (Phi) is 10.00. The van der Waals surface area contributed by atoms with Gasteiger partial charge in [0.2, 0.25) is 11.8 Å². The number of amides is 5. The molecule has 1 aliphatic rings. The SMILES string of the molecule is COC(=O)CN(C[C@@H](O)ON1C(=O)CCC1=O)C(=O)CNC(=O)CNC(=O)OC(C)(C)C. The summed E-state index contributed by atoms with van der Waals surface area (Å²) in [7, 11) is 1.09. The Hall–Kier alpha value is -3.26. The fraction of sp³-hybridized carbons (Fsp3) is 0.667. The maximum atomic E-state index is 12.4. The highest BCUT2D eigenvalue weighted by molar-refractivity contribution is 6.00. The first-order chi connectivity index (χ1) is 14.8. The van der Waals surface area contributed by atoms with Crippen molar-refractivity contribution < 1.29 is 48.2 Å². The zero-order valence-corrected chi connectivity index (χ0v) is 18.3. The summed E-state index contributed by atoms with van der Waals surface area (Å²) in [4.78, 5) is 76.1. The number of ether oxygens (including phenoxy) is 2. The Morgan fingerprint density at radius 2 is 1.69 bits per heavy atom. The lowest BCUT2D eigenvalue weighted by Crippen LogP contribution is -2.49. The molecule has 0 unspecified atom stereocenters. The van der Waals surface area contributed by atoms with Crippen LogP contribution in [0.15, 0.2) is 0 Å². The van der Waals surface area contributed by atoms with Crippen LogP contribution in [-0.2, 0) is 38.3 Å². The van der Waals surface area contributed by atoms with Crippen LogP contribution >= 0.6 is 0 Å². The van der Waals surface area contributed by atoms with E-state index in [-0.39, 0.29) is 12.8 Å². The van der Waals surface area contributed by atoms with E-state index >= 15 is 0 Å². The first-order valence-corrected chi connectivity index (χ1v) is 9.61. The molecule has 0 saturated carbocycles. The smallest absolute Gasteiger partial charge is 0.408 e. The highest BCUT2D eigenvalue weighted by Gasteiger charge is 2.33. The summed E-state index contributed by atoms with van der Waals surface area (Å²) < 4.78 is 9.46. The van der Waals surface area contributed by atoms with Crippen molar-refractivity contribution in [3.63, 3.8) is 0 Å². The topological polar surface area (TPSA) is 181 Å². The van der Waals surface area contributed by atoms with Crippen LogP contribution in [0.4, 0.5) is 4.79 Å². The molecule has 14 heteroatoms. The molecule has 0 radical (unpaired) electrons. The summed E-state index contributed by atoms with van der Waals surface area (Å²) in [5.41, 5.74) is -0.752. The van der Waals surface area contributed by atoms with E-state index < -0.39 is 73.8 Å². The number of aliphatic hydroxyl groups is 1. The lowest BCUT2D eigenvalue weighted by Gasteiger charge is -2.26. The van der Waals surface area contributed by atoms with E-state index in [2.05, 4.69) is 15.4 Å². The number of hydroxylamine groups is 2. The highest BCUT2D eigenvalue weighted by atomic mass is 16.8. The Labute approximate surface area is 184 Å². The van der Waals surface area contributed by atoms with Gasteiger partial charge in [-0.2, -0.15) is 5.06 Å². The van der Waals surface area contributed by atoms with Crippen LogP contribution in [0.1, 0.15) is 33.6 Å². The van der Waals surface area contributed by atoms with Gasteiger partial charge in [-0.3, -0.25) is 24.0 Å². The summed E-state index contributed by atoms with van der Waals surface area (Å²) in [6.45, 7) is 2.70. The fourth-order valence-corrected chi connectivity index (χ4v) is 2.31. The number of hydrogen-bond acceptors (Lipinski definition) is 10. The molecule has 1 aliphatic heterocycles. The van der Waals surface area contributed by atoms with Crippen molar-refractivity contribution in [2.75, 3.05) is 33.3 Å². The minimum Gasteiger partial charge on any atom is -0.468 e.